The molecule has 0 N–H and O–H groups in total. The molecular weight excluding hydrogens is 604 g/mol. The number of nitrogens with zero attached hydrogens (tertiary/aromatic N) is 4. The van der Waals surface area contributed by atoms with Crippen molar-refractivity contribution in [1.82, 2.24) is 9.21 Å². The van der Waals surface area contributed by atoms with Gasteiger partial charge < -0.3 is 19.1 Å². The maximum absolute atomic E-state index is 13.8. The Morgan fingerprint density at radius 3 is 2.26 bits per heavy atom. The van der Waals surface area contributed by atoms with Gasteiger partial charge in [-0.05, 0) is 54.1 Å². The predicted molar refractivity (Wildman–Crippen MR) is 158 cm³/mol. The monoisotopic (exact) mass is 636 g/mol. The first-order valence-electron chi connectivity index (χ1n) is 12.9. The number of carbonyl (C=O) groups excluding carboxylic acids is 1. The number of benzene rings is 2. The van der Waals surface area contributed by atoms with E-state index in [0.717, 1.165) is 32.4 Å². The Labute approximate surface area is 252 Å². The van der Waals surface area contributed by atoms with E-state index in [9.17, 15) is 33.4 Å². The number of sulfonamides is 1. The molecule has 0 fully saturated rings. The van der Waals surface area contributed by atoms with Crippen LogP contribution in [0.3, 0.4) is 0 Å². The van der Waals surface area contributed by atoms with Gasteiger partial charge in [0.25, 0.3) is 11.4 Å². The number of thiophene rings is 1. The van der Waals surface area contributed by atoms with Crippen molar-refractivity contribution in [2.45, 2.75) is 24.8 Å². The Morgan fingerprint density at radius 2 is 1.67 bits per heavy atom. The molecule has 0 unspecified atom stereocenters. The van der Waals surface area contributed by atoms with E-state index in [1.807, 2.05) is 24.4 Å². The fourth-order valence-corrected chi connectivity index (χ4v) is 6.61. The number of nitro groups is 2. The summed E-state index contributed by atoms with van der Waals surface area (Å²) >= 11 is 1.46. The maximum Gasteiger partial charge on any atom is 0.296 e. The number of nitro benzene ring substituents is 2. The van der Waals surface area contributed by atoms with Crippen LogP contribution in [0.15, 0.2) is 52.7 Å². The summed E-state index contributed by atoms with van der Waals surface area (Å²) in [4.78, 5) is 36.4. The lowest BCUT2D eigenvalue weighted by Crippen LogP contribution is -2.44. The lowest BCUT2D eigenvalue weighted by Gasteiger charge is -2.27. The molecule has 0 radical (unpaired) electrons. The molecule has 0 saturated carbocycles. The summed E-state index contributed by atoms with van der Waals surface area (Å²) in [5.41, 5.74) is 0.212. The minimum Gasteiger partial charge on any atom is -0.493 e. The largest absolute Gasteiger partial charge is 0.493 e. The molecule has 2 aromatic carbocycles. The normalized spacial score (nSPS) is 11.4. The molecule has 0 saturated heterocycles. The van der Waals surface area contributed by atoms with Gasteiger partial charge in [0.15, 0.2) is 16.4 Å². The van der Waals surface area contributed by atoms with Crippen LogP contribution in [0.4, 0.5) is 11.4 Å². The van der Waals surface area contributed by atoms with Crippen LogP contribution >= 0.6 is 11.3 Å². The molecule has 3 aromatic rings. The number of ether oxygens (including phenoxy) is 3. The quantitative estimate of drug-likeness (QED) is 0.166. The standard InChI is InChI=1S/C27H32N4O10S2/c1-19-10-14-42-25(19)17-28(11-9-20-5-7-23(40-3)24(15-20)41-4)27(32)18-29(12-13-39-2)43(37,38)26-8-6-21(30(33)34)16-22(26)31(35)36/h5-8,10,14-16H,9,11-13,17-18H2,1-4H3. The second-order valence-corrected chi connectivity index (χ2v) is 12.2. The minimum absolute atomic E-state index is 0.108. The van der Waals surface area contributed by atoms with Crippen LogP contribution in [0.5, 0.6) is 11.5 Å². The molecule has 43 heavy (non-hydrogen) atoms. The third-order valence-corrected chi connectivity index (χ3v) is 9.50. The van der Waals surface area contributed by atoms with Crippen LogP contribution in [-0.2, 0) is 32.5 Å². The summed E-state index contributed by atoms with van der Waals surface area (Å²) in [7, 11) is -0.278. The zero-order valence-corrected chi connectivity index (χ0v) is 25.7. The van der Waals surface area contributed by atoms with Crippen molar-refractivity contribution < 1.29 is 37.3 Å². The highest BCUT2D eigenvalue weighted by molar-refractivity contribution is 7.89. The van der Waals surface area contributed by atoms with Crippen LogP contribution in [0.2, 0.25) is 0 Å². The molecule has 0 aliphatic heterocycles. The van der Waals surface area contributed by atoms with Crippen LogP contribution in [0.25, 0.3) is 0 Å². The van der Waals surface area contributed by atoms with Gasteiger partial charge >= 0.3 is 0 Å². The van der Waals surface area contributed by atoms with Crippen LogP contribution in [0, 0.1) is 27.2 Å². The number of methoxy groups -OCH3 is 3. The van der Waals surface area contributed by atoms with E-state index in [0.29, 0.717) is 24.0 Å². The number of hydrogen-bond donors (Lipinski definition) is 0. The number of carbonyl (C=O) groups is 1. The Bertz CT molecular complexity index is 1580. The van der Waals surface area contributed by atoms with Gasteiger partial charge in [0.2, 0.25) is 15.9 Å². The average Bonchev–Trinajstić information content (AvgIpc) is 3.40. The second-order valence-electron chi connectivity index (χ2n) is 9.28. The molecule has 1 heterocycles. The van der Waals surface area contributed by atoms with Crippen molar-refractivity contribution in [3.05, 3.63) is 84.1 Å². The SMILES string of the molecule is COCCN(CC(=O)N(CCc1ccc(OC)c(OC)c1)Cc1sccc1C)S(=O)(=O)c1ccc([N+](=O)[O-])cc1[N+](=O)[O-]. The summed E-state index contributed by atoms with van der Waals surface area (Å²) in [6, 6.07) is 9.55. The molecule has 3 rings (SSSR count). The summed E-state index contributed by atoms with van der Waals surface area (Å²) in [5.74, 6) is 0.527. The predicted octanol–water partition coefficient (Wildman–Crippen LogP) is 3.80. The molecule has 0 aliphatic carbocycles. The fourth-order valence-electron chi connectivity index (χ4n) is 4.18. The summed E-state index contributed by atoms with van der Waals surface area (Å²) in [6.45, 7) is 1.30. The first kappa shape index (κ1) is 33.4. The zero-order chi connectivity index (χ0) is 31.7. The van der Waals surface area contributed by atoms with Crippen molar-refractivity contribution in [1.29, 1.82) is 0 Å². The highest BCUT2D eigenvalue weighted by atomic mass is 32.2. The summed E-state index contributed by atoms with van der Waals surface area (Å²) < 4.78 is 43.9. The van der Waals surface area contributed by atoms with Crippen molar-refractivity contribution in [2.75, 3.05) is 47.6 Å². The highest BCUT2D eigenvalue weighted by Gasteiger charge is 2.35. The van der Waals surface area contributed by atoms with Gasteiger partial charge in [0.1, 0.15) is 0 Å². The third-order valence-electron chi connectivity index (χ3n) is 6.60. The molecular formula is C27H32N4O10S2. The molecule has 0 spiro atoms. The lowest BCUT2D eigenvalue weighted by atomic mass is 10.1. The molecule has 232 valence electrons. The van der Waals surface area contributed by atoms with E-state index in [4.69, 9.17) is 14.2 Å². The van der Waals surface area contributed by atoms with Crippen molar-refractivity contribution >= 4 is 38.6 Å². The van der Waals surface area contributed by atoms with Crippen molar-refractivity contribution in [2.24, 2.45) is 0 Å². The molecule has 0 atom stereocenters. The van der Waals surface area contributed by atoms with E-state index < -0.39 is 48.6 Å². The Kier molecular flexibility index (Phi) is 11.5. The average molecular weight is 637 g/mol. The van der Waals surface area contributed by atoms with Gasteiger partial charge in [-0.25, -0.2) is 8.42 Å². The molecule has 16 heteroatoms. The summed E-state index contributed by atoms with van der Waals surface area (Å²) in [5, 5.41) is 24.8. The van der Waals surface area contributed by atoms with Crippen molar-refractivity contribution in [3.63, 3.8) is 0 Å². The number of amides is 1. The van der Waals surface area contributed by atoms with Crippen LogP contribution in [-0.4, -0.2) is 80.9 Å². The molecule has 1 amide bonds. The molecule has 1 aromatic heterocycles. The number of aryl methyl sites for hydroxylation is 1. The first-order chi connectivity index (χ1) is 20.4. The topological polar surface area (TPSA) is 172 Å². The molecule has 0 aliphatic rings. The number of rotatable bonds is 16. The lowest BCUT2D eigenvalue weighted by molar-refractivity contribution is -0.396. The Balaban J connectivity index is 1.94. The zero-order valence-electron chi connectivity index (χ0n) is 24.0. The summed E-state index contributed by atoms with van der Waals surface area (Å²) in [6.07, 6.45) is 0.412. The Hall–Kier alpha value is -4.12. The van der Waals surface area contributed by atoms with Crippen LogP contribution in [0.1, 0.15) is 16.0 Å². The number of non-ortho nitro benzene ring substituents is 1. The van der Waals surface area contributed by atoms with E-state index in [-0.39, 0.29) is 26.2 Å². The third kappa shape index (κ3) is 8.25. The van der Waals surface area contributed by atoms with Crippen molar-refractivity contribution in [3.8, 4) is 11.5 Å². The fraction of sp³-hybridized carbons (Fsp3) is 0.370. The van der Waals surface area contributed by atoms with E-state index in [2.05, 4.69) is 0 Å². The van der Waals surface area contributed by atoms with Gasteiger partial charge in [-0.15, -0.1) is 11.3 Å². The van der Waals surface area contributed by atoms with E-state index in [1.165, 1.54) is 37.6 Å². The maximum atomic E-state index is 13.8. The van der Waals surface area contributed by atoms with Gasteiger partial charge in [-0.3, -0.25) is 25.0 Å². The molecule has 14 nitrogen and oxygen atoms in total. The van der Waals surface area contributed by atoms with Gasteiger partial charge in [-0.1, -0.05) is 6.07 Å². The number of hydrogen-bond acceptors (Lipinski definition) is 11. The highest BCUT2D eigenvalue weighted by Crippen LogP contribution is 2.31. The Morgan fingerprint density at radius 1 is 0.953 bits per heavy atom. The smallest absolute Gasteiger partial charge is 0.296 e. The van der Waals surface area contributed by atoms with Crippen LogP contribution < -0.4 is 9.47 Å². The van der Waals surface area contributed by atoms with Gasteiger partial charge in [0.05, 0.1) is 49.8 Å². The second kappa shape index (κ2) is 14.9. The van der Waals surface area contributed by atoms with Gasteiger partial charge in [-0.2, -0.15) is 4.31 Å². The minimum atomic E-state index is -4.66. The first-order valence-corrected chi connectivity index (χ1v) is 15.2. The van der Waals surface area contributed by atoms with E-state index >= 15 is 0 Å². The molecule has 0 bridgehead atoms. The van der Waals surface area contributed by atoms with E-state index in [1.54, 1.807) is 12.1 Å². The van der Waals surface area contributed by atoms with Gasteiger partial charge in [0, 0.05) is 31.1 Å².